The molecule has 0 amide bonds. The Kier molecular flexibility index (Phi) is 5.63. The van der Waals surface area contributed by atoms with Gasteiger partial charge in [0.2, 0.25) is 0 Å². The van der Waals surface area contributed by atoms with Crippen LogP contribution in [0.2, 0.25) is 0 Å². The molecule has 0 unspecified atom stereocenters. The van der Waals surface area contributed by atoms with E-state index in [1.165, 1.54) is 11.3 Å². The van der Waals surface area contributed by atoms with Crippen LogP contribution in [0.5, 0.6) is 11.5 Å². The highest BCUT2D eigenvalue weighted by atomic mass is 16.5. The molecule has 5 heteroatoms. The van der Waals surface area contributed by atoms with Crippen LogP contribution in [0, 0.1) is 0 Å². The average Bonchev–Trinajstić information content (AvgIpc) is 2.90. The molecule has 1 aromatic heterocycles. The van der Waals surface area contributed by atoms with Crippen LogP contribution >= 0.6 is 0 Å². The molecule has 0 saturated carbocycles. The summed E-state index contributed by atoms with van der Waals surface area (Å²) < 4.78 is 12.8. The lowest BCUT2D eigenvalue weighted by molar-refractivity contribution is 0.310. The standard InChI is InChI=1S/C16H23N3O2/c1-4-21-15-6-5-13(11-16(15)20-3)12-17-9-7-14-8-10-18-19(14)2/h5-6,8,10-11,17H,4,7,9,12H2,1-3H3. The van der Waals surface area contributed by atoms with Gasteiger partial charge in [0.25, 0.3) is 0 Å². The van der Waals surface area contributed by atoms with Gasteiger partial charge in [0.1, 0.15) is 0 Å². The summed E-state index contributed by atoms with van der Waals surface area (Å²) in [5.41, 5.74) is 2.41. The number of hydrogen-bond acceptors (Lipinski definition) is 4. The van der Waals surface area contributed by atoms with E-state index in [9.17, 15) is 0 Å². The Bertz CT molecular complexity index is 566. The van der Waals surface area contributed by atoms with Crippen LogP contribution in [-0.2, 0) is 20.0 Å². The van der Waals surface area contributed by atoms with E-state index < -0.39 is 0 Å². The number of methoxy groups -OCH3 is 1. The third-order valence-corrected chi connectivity index (χ3v) is 3.34. The quantitative estimate of drug-likeness (QED) is 0.757. The molecule has 0 saturated heterocycles. The second-order valence-corrected chi connectivity index (χ2v) is 4.79. The third kappa shape index (κ3) is 4.23. The lowest BCUT2D eigenvalue weighted by Gasteiger charge is -2.11. The summed E-state index contributed by atoms with van der Waals surface area (Å²) in [6.07, 6.45) is 2.79. The molecule has 0 aliphatic heterocycles. The molecular weight excluding hydrogens is 266 g/mol. The fourth-order valence-corrected chi connectivity index (χ4v) is 2.19. The van der Waals surface area contributed by atoms with Crippen LogP contribution in [0.25, 0.3) is 0 Å². The molecule has 2 rings (SSSR count). The predicted molar refractivity (Wildman–Crippen MR) is 82.8 cm³/mol. The topological polar surface area (TPSA) is 48.3 Å². The van der Waals surface area contributed by atoms with Gasteiger partial charge in [-0.3, -0.25) is 4.68 Å². The number of nitrogens with one attached hydrogen (secondary N) is 1. The van der Waals surface area contributed by atoms with Crippen LogP contribution in [0.4, 0.5) is 0 Å². The van der Waals surface area contributed by atoms with Gasteiger partial charge >= 0.3 is 0 Å². The van der Waals surface area contributed by atoms with Gasteiger partial charge in [-0.15, -0.1) is 0 Å². The van der Waals surface area contributed by atoms with Gasteiger partial charge in [-0.05, 0) is 30.7 Å². The summed E-state index contributed by atoms with van der Waals surface area (Å²) in [6.45, 7) is 4.32. The normalized spacial score (nSPS) is 10.6. The van der Waals surface area contributed by atoms with Gasteiger partial charge in [0.05, 0.1) is 13.7 Å². The number of aryl methyl sites for hydroxylation is 1. The van der Waals surface area contributed by atoms with Gasteiger partial charge < -0.3 is 14.8 Å². The molecule has 0 atom stereocenters. The van der Waals surface area contributed by atoms with Crippen LogP contribution in [0.3, 0.4) is 0 Å². The van der Waals surface area contributed by atoms with Gasteiger partial charge in [-0.2, -0.15) is 5.10 Å². The Labute approximate surface area is 125 Å². The Morgan fingerprint density at radius 2 is 2.10 bits per heavy atom. The molecule has 2 aromatic rings. The Hall–Kier alpha value is -2.01. The SMILES string of the molecule is CCOc1ccc(CNCCc2ccnn2C)cc1OC. The minimum Gasteiger partial charge on any atom is -0.493 e. The van der Waals surface area contributed by atoms with Crippen molar-refractivity contribution in [3.05, 3.63) is 41.7 Å². The number of aromatic nitrogens is 2. The van der Waals surface area contributed by atoms with E-state index in [4.69, 9.17) is 9.47 Å². The van der Waals surface area contributed by atoms with Crippen molar-refractivity contribution in [1.29, 1.82) is 0 Å². The highest BCUT2D eigenvalue weighted by Gasteiger charge is 2.05. The summed E-state index contributed by atoms with van der Waals surface area (Å²) in [5.74, 6) is 1.57. The Balaban J connectivity index is 1.84. The van der Waals surface area contributed by atoms with Crippen molar-refractivity contribution in [2.24, 2.45) is 7.05 Å². The minimum atomic E-state index is 0.638. The Morgan fingerprint density at radius 3 is 2.76 bits per heavy atom. The molecule has 0 fully saturated rings. The van der Waals surface area contributed by atoms with Crippen molar-refractivity contribution in [2.75, 3.05) is 20.3 Å². The number of rotatable bonds is 8. The molecule has 114 valence electrons. The fraction of sp³-hybridized carbons (Fsp3) is 0.438. The number of nitrogens with zero attached hydrogens (tertiary/aromatic N) is 2. The first kappa shape index (κ1) is 15.4. The van der Waals surface area contributed by atoms with Crippen molar-refractivity contribution < 1.29 is 9.47 Å². The van der Waals surface area contributed by atoms with Crippen molar-refractivity contribution in [1.82, 2.24) is 15.1 Å². The summed E-state index contributed by atoms with van der Waals surface area (Å²) in [5, 5.41) is 7.59. The molecule has 1 N–H and O–H groups in total. The maximum Gasteiger partial charge on any atom is 0.161 e. The molecular formula is C16H23N3O2. The third-order valence-electron chi connectivity index (χ3n) is 3.34. The largest absolute Gasteiger partial charge is 0.493 e. The first-order valence-electron chi connectivity index (χ1n) is 7.22. The highest BCUT2D eigenvalue weighted by molar-refractivity contribution is 5.42. The molecule has 21 heavy (non-hydrogen) atoms. The molecule has 0 radical (unpaired) electrons. The summed E-state index contributed by atoms with van der Waals surface area (Å²) in [7, 11) is 3.63. The fourth-order valence-electron chi connectivity index (χ4n) is 2.19. The van der Waals surface area contributed by atoms with E-state index in [-0.39, 0.29) is 0 Å². The van der Waals surface area contributed by atoms with Crippen LogP contribution in [0.15, 0.2) is 30.5 Å². The van der Waals surface area contributed by atoms with E-state index in [0.717, 1.165) is 31.0 Å². The zero-order chi connectivity index (χ0) is 15.1. The molecule has 5 nitrogen and oxygen atoms in total. The smallest absolute Gasteiger partial charge is 0.161 e. The minimum absolute atomic E-state index is 0.638. The Morgan fingerprint density at radius 1 is 1.24 bits per heavy atom. The van der Waals surface area contributed by atoms with Gasteiger partial charge in [-0.1, -0.05) is 6.07 Å². The molecule has 1 heterocycles. The number of ether oxygens (including phenoxy) is 2. The molecule has 0 aliphatic carbocycles. The van der Waals surface area contributed by atoms with E-state index in [1.54, 1.807) is 7.11 Å². The second kappa shape index (κ2) is 7.69. The lowest BCUT2D eigenvalue weighted by Crippen LogP contribution is -2.18. The predicted octanol–water partition coefficient (Wildman–Crippen LogP) is 2.16. The summed E-state index contributed by atoms with van der Waals surface area (Å²) >= 11 is 0. The van der Waals surface area contributed by atoms with Crippen molar-refractivity contribution >= 4 is 0 Å². The summed E-state index contributed by atoms with van der Waals surface area (Å²) in [4.78, 5) is 0. The van der Waals surface area contributed by atoms with Crippen LogP contribution < -0.4 is 14.8 Å². The van der Waals surface area contributed by atoms with Crippen LogP contribution in [-0.4, -0.2) is 30.0 Å². The molecule has 0 bridgehead atoms. The zero-order valence-corrected chi connectivity index (χ0v) is 12.9. The van der Waals surface area contributed by atoms with Gasteiger partial charge in [0.15, 0.2) is 11.5 Å². The van der Waals surface area contributed by atoms with E-state index in [2.05, 4.69) is 16.5 Å². The van der Waals surface area contributed by atoms with Crippen molar-refractivity contribution in [2.45, 2.75) is 19.9 Å². The monoisotopic (exact) mass is 289 g/mol. The van der Waals surface area contributed by atoms with Gasteiger partial charge in [-0.25, -0.2) is 0 Å². The maximum absolute atomic E-state index is 5.52. The van der Waals surface area contributed by atoms with E-state index in [0.29, 0.717) is 6.61 Å². The maximum atomic E-state index is 5.52. The van der Waals surface area contributed by atoms with E-state index >= 15 is 0 Å². The van der Waals surface area contributed by atoms with Gasteiger partial charge in [0, 0.05) is 38.4 Å². The lowest BCUT2D eigenvalue weighted by atomic mass is 10.2. The molecule has 0 spiro atoms. The van der Waals surface area contributed by atoms with E-state index in [1.807, 2.05) is 43.0 Å². The molecule has 0 aliphatic rings. The highest BCUT2D eigenvalue weighted by Crippen LogP contribution is 2.27. The number of hydrogen-bond donors (Lipinski definition) is 1. The zero-order valence-electron chi connectivity index (χ0n) is 12.9. The summed E-state index contributed by atoms with van der Waals surface area (Å²) in [6, 6.07) is 8.08. The first-order valence-corrected chi connectivity index (χ1v) is 7.22. The molecule has 1 aromatic carbocycles. The number of benzene rings is 1. The average molecular weight is 289 g/mol. The van der Waals surface area contributed by atoms with Crippen molar-refractivity contribution in [3.8, 4) is 11.5 Å². The van der Waals surface area contributed by atoms with Crippen LogP contribution in [0.1, 0.15) is 18.2 Å². The second-order valence-electron chi connectivity index (χ2n) is 4.79. The first-order chi connectivity index (χ1) is 10.2. The van der Waals surface area contributed by atoms with Crippen molar-refractivity contribution in [3.63, 3.8) is 0 Å².